The molecule has 5 heterocycles. The molecule has 2 aliphatic heterocycles. The summed E-state index contributed by atoms with van der Waals surface area (Å²) in [6, 6.07) is 22.7. The number of carbonyl (C=O) groups is 6. The fourth-order valence-electron chi connectivity index (χ4n) is 7.91. The molecule has 67 heavy (non-hydrogen) atoms. The molecule has 0 saturated carbocycles. The number of oxime groups is 1. The quantitative estimate of drug-likeness (QED) is 0.0291. The Labute approximate surface area is 383 Å². The van der Waals surface area contributed by atoms with Gasteiger partial charge in [0.1, 0.15) is 17.5 Å². The zero-order valence-electron chi connectivity index (χ0n) is 35.2. The van der Waals surface area contributed by atoms with Crippen LogP contribution in [-0.4, -0.2) is 138 Å². The lowest BCUT2D eigenvalue weighted by molar-refractivity contribution is -0.128. The van der Waals surface area contributed by atoms with Crippen molar-refractivity contribution in [1.82, 2.24) is 39.7 Å². The van der Waals surface area contributed by atoms with Crippen molar-refractivity contribution >= 4 is 74.4 Å². The normalized spacial score (nSPS) is 14.2. The Morgan fingerprint density at radius 3 is 1.55 bits per heavy atom. The van der Waals surface area contributed by atoms with E-state index < -0.39 is 35.0 Å². The molecule has 2 fully saturated rings. The second kappa shape index (κ2) is 19.5. The molecule has 7 aromatic rings. The number of amides is 4. The van der Waals surface area contributed by atoms with E-state index in [0.29, 0.717) is 29.8 Å². The van der Waals surface area contributed by atoms with E-state index in [0.717, 1.165) is 6.07 Å². The minimum absolute atomic E-state index is 0.0184. The first-order valence-electron chi connectivity index (χ1n) is 20.7. The molecular weight excluding hydrogens is 894 g/mol. The topological polar surface area (TPSA) is 244 Å². The third kappa shape index (κ3) is 9.06. The van der Waals surface area contributed by atoms with Crippen LogP contribution in [0.25, 0.3) is 33.2 Å². The smallest absolute Gasteiger partial charge is 0.295 e. The summed E-state index contributed by atoms with van der Waals surface area (Å²) in [7, 11) is 0. The van der Waals surface area contributed by atoms with E-state index in [-0.39, 0.29) is 113 Å². The first-order chi connectivity index (χ1) is 32.4. The van der Waals surface area contributed by atoms with Gasteiger partial charge in [-0.05, 0) is 48.5 Å². The summed E-state index contributed by atoms with van der Waals surface area (Å²) in [5.74, 6) is -4.79. The summed E-state index contributed by atoms with van der Waals surface area (Å²) < 4.78 is 34.3. The summed E-state index contributed by atoms with van der Waals surface area (Å²) in [4.78, 5) is 92.7. The molecule has 0 unspecified atom stereocenters. The number of hydrogen-bond donors (Lipinski definition) is 4. The van der Waals surface area contributed by atoms with Crippen LogP contribution in [0, 0.1) is 11.6 Å². The summed E-state index contributed by atoms with van der Waals surface area (Å²) in [5, 5.41) is 15.5. The van der Waals surface area contributed by atoms with Gasteiger partial charge in [0.25, 0.3) is 35.2 Å². The van der Waals surface area contributed by atoms with Gasteiger partial charge in [-0.2, -0.15) is 4.98 Å². The van der Waals surface area contributed by atoms with E-state index in [2.05, 4.69) is 25.3 Å². The summed E-state index contributed by atoms with van der Waals surface area (Å²) >= 11 is 5.71. The van der Waals surface area contributed by atoms with Crippen molar-refractivity contribution in [2.75, 3.05) is 52.4 Å². The average molecular weight is 933 g/mol. The third-order valence-corrected chi connectivity index (χ3v) is 11.6. The molecule has 0 radical (unpaired) electrons. The maximum Gasteiger partial charge on any atom is 0.295 e. The number of carbonyl (C=O) groups excluding carboxylic acids is 6. The van der Waals surface area contributed by atoms with Crippen molar-refractivity contribution < 1.29 is 47.3 Å². The zero-order chi connectivity index (χ0) is 47.4. The van der Waals surface area contributed by atoms with Crippen molar-refractivity contribution in [3.05, 3.63) is 143 Å². The number of nitrogens with two attached hydrogens (primary N) is 1. The Balaban J connectivity index is 0.000000182. The van der Waals surface area contributed by atoms with Crippen molar-refractivity contribution in [1.29, 1.82) is 0 Å². The predicted octanol–water partition coefficient (Wildman–Crippen LogP) is 4.83. The number of benzene rings is 4. The Morgan fingerprint density at radius 2 is 1.09 bits per heavy atom. The van der Waals surface area contributed by atoms with Gasteiger partial charge in [0, 0.05) is 97.8 Å². The molecule has 0 spiro atoms. The van der Waals surface area contributed by atoms with E-state index >= 15 is 0 Å². The second-order valence-corrected chi connectivity index (χ2v) is 15.6. The van der Waals surface area contributed by atoms with Crippen LogP contribution in [0.15, 0.2) is 107 Å². The molecule has 9 rings (SSSR count). The maximum atomic E-state index is 14.8. The minimum Gasteiger partial charge on any atom is -0.409 e. The summed E-state index contributed by atoms with van der Waals surface area (Å²) in [5.41, 5.74) is 7.52. The van der Waals surface area contributed by atoms with Gasteiger partial charge in [-0.3, -0.25) is 28.8 Å². The molecule has 21 heteroatoms. The first-order valence-corrected chi connectivity index (χ1v) is 21.2. The average Bonchev–Trinajstić information content (AvgIpc) is 4.17. The Morgan fingerprint density at radius 1 is 0.642 bits per heavy atom. The lowest BCUT2D eigenvalue weighted by Crippen LogP contribution is -2.52. The third-order valence-electron chi connectivity index (χ3n) is 11.4. The largest absolute Gasteiger partial charge is 0.409 e. The molecule has 2 aliphatic rings. The number of halogens is 3. The number of piperazine rings is 2. The van der Waals surface area contributed by atoms with Gasteiger partial charge in [-0.15, -0.1) is 11.6 Å². The van der Waals surface area contributed by atoms with E-state index in [1.807, 2.05) is 12.1 Å². The molecule has 4 amide bonds. The van der Waals surface area contributed by atoms with Crippen LogP contribution < -0.4 is 5.73 Å². The summed E-state index contributed by atoms with van der Waals surface area (Å²) in [6.07, 6.45) is 2.53. The number of ketones is 2. The Kier molecular flexibility index (Phi) is 13.2. The number of Topliss-reactive ketones (excluding diaryl/α,β-unsaturated/α-hetero) is 2. The number of fused-ring (bicyclic) bond motifs is 2. The number of aromatic nitrogens is 4. The lowest BCUT2D eigenvalue weighted by atomic mass is 10.0. The molecule has 0 bridgehead atoms. The highest BCUT2D eigenvalue weighted by Gasteiger charge is 2.33. The van der Waals surface area contributed by atoms with Crippen LogP contribution in [0.3, 0.4) is 0 Å². The van der Waals surface area contributed by atoms with E-state index in [1.54, 1.807) is 58.3 Å². The van der Waals surface area contributed by atoms with Gasteiger partial charge in [-0.1, -0.05) is 46.7 Å². The SMILES string of the molecule is N/C(=N\O)c1ccc(F)c2c(C(=O)C(=O)N3CCN(C(=O)c4ccccc4)CC3)c[nH]c12.O=C(C(=O)N1CCN(C(=O)c2ccccc2)CC1)c1c[nH]c2c(-c3noc(CCl)n3)ccc(F)c12. The van der Waals surface area contributed by atoms with E-state index in [9.17, 15) is 37.5 Å². The highest BCUT2D eigenvalue weighted by Crippen LogP contribution is 2.32. The maximum absolute atomic E-state index is 14.8. The number of nitrogens with zero attached hydrogens (tertiary/aromatic N) is 7. The number of amidine groups is 1. The molecular formula is C46H39ClF2N10O8. The molecule has 0 aliphatic carbocycles. The summed E-state index contributed by atoms with van der Waals surface area (Å²) in [6.45, 7) is 1.91. The predicted molar refractivity (Wildman–Crippen MR) is 238 cm³/mol. The van der Waals surface area contributed by atoms with E-state index in [1.165, 1.54) is 40.4 Å². The number of alkyl halides is 1. The van der Waals surface area contributed by atoms with Crippen molar-refractivity contribution in [2.45, 2.75) is 5.88 Å². The molecule has 2 saturated heterocycles. The van der Waals surface area contributed by atoms with Gasteiger partial charge >= 0.3 is 0 Å². The van der Waals surface area contributed by atoms with Crippen molar-refractivity contribution in [3.8, 4) is 11.4 Å². The molecule has 18 nitrogen and oxygen atoms in total. The second-order valence-electron chi connectivity index (χ2n) is 15.3. The number of hydrogen-bond acceptors (Lipinski definition) is 11. The zero-order valence-corrected chi connectivity index (χ0v) is 36.0. The molecule has 0 atom stereocenters. The molecule has 4 aromatic carbocycles. The fourth-order valence-corrected chi connectivity index (χ4v) is 8.02. The van der Waals surface area contributed by atoms with Gasteiger partial charge in [0.05, 0.1) is 22.2 Å². The van der Waals surface area contributed by atoms with Gasteiger partial charge < -0.3 is 45.0 Å². The Hall–Kier alpha value is -8.26. The van der Waals surface area contributed by atoms with Crippen LogP contribution >= 0.6 is 11.6 Å². The number of rotatable bonds is 9. The minimum atomic E-state index is -0.880. The Bertz CT molecular complexity index is 3070. The van der Waals surface area contributed by atoms with Crippen LogP contribution in [0.2, 0.25) is 0 Å². The first kappa shape index (κ1) is 45.3. The van der Waals surface area contributed by atoms with Crippen LogP contribution in [-0.2, 0) is 15.5 Å². The van der Waals surface area contributed by atoms with Crippen LogP contribution in [0.1, 0.15) is 52.9 Å². The fraction of sp³-hybridized carbons (Fsp3) is 0.196. The molecule has 5 N–H and O–H groups in total. The van der Waals surface area contributed by atoms with E-state index in [4.69, 9.17) is 27.1 Å². The lowest BCUT2D eigenvalue weighted by Gasteiger charge is -2.34. The van der Waals surface area contributed by atoms with Crippen molar-refractivity contribution in [3.63, 3.8) is 0 Å². The highest BCUT2D eigenvalue weighted by molar-refractivity contribution is 6.45. The van der Waals surface area contributed by atoms with Gasteiger partial charge in [0.15, 0.2) is 5.84 Å². The number of nitrogens with one attached hydrogen (secondary N) is 2. The number of H-pyrrole nitrogens is 2. The van der Waals surface area contributed by atoms with Gasteiger partial charge in [-0.25, -0.2) is 8.78 Å². The monoisotopic (exact) mass is 932 g/mol. The highest BCUT2D eigenvalue weighted by atomic mass is 35.5. The molecule has 342 valence electrons. The van der Waals surface area contributed by atoms with Crippen LogP contribution in [0.5, 0.6) is 0 Å². The number of aromatic amines is 2. The molecule has 3 aromatic heterocycles. The van der Waals surface area contributed by atoms with Gasteiger partial charge in [0.2, 0.25) is 11.7 Å². The standard InChI is InChI=1S/C24H19ClFN5O4.C22H20FN5O4/c25-12-18-28-22(29-35-18)15-6-7-17(26)19-16(13-27-20(15)19)21(32)24(34)31-10-8-30(9-11-31)23(33)14-4-2-1-3-5-14;23-16-7-6-14(20(24)26-32)18-17(16)15(12-25-18)19(29)22(31)28-10-8-27(9-11-28)21(30)13-4-2-1-3-5-13/h1-7,13,27H,8-12H2;1-7,12,25,32H,8-11H2,(H2,24,26). The van der Waals surface area contributed by atoms with Crippen molar-refractivity contribution in [2.24, 2.45) is 10.9 Å². The van der Waals surface area contributed by atoms with Crippen LogP contribution in [0.4, 0.5) is 8.78 Å².